The standard InChI is InChI=1S/C21H33N3O4/c1-5-14(4)18(21(27)28)24-20(26)17(12-15-9-7-6-8-10-15)23-19(25)16(22)11-13(2)3/h6-10,13-14,16-18H,5,11-12,22H2,1-4H3,(H,23,25)(H,24,26)(H,27,28)/t14-,16-,17-,18-/m0/s1. The summed E-state index contributed by atoms with van der Waals surface area (Å²) in [4.78, 5) is 36.8. The van der Waals surface area contributed by atoms with Gasteiger partial charge in [0, 0.05) is 6.42 Å². The van der Waals surface area contributed by atoms with Crippen LogP contribution in [0.2, 0.25) is 0 Å². The van der Waals surface area contributed by atoms with Gasteiger partial charge in [-0.05, 0) is 23.8 Å². The van der Waals surface area contributed by atoms with Crippen molar-refractivity contribution in [2.75, 3.05) is 0 Å². The van der Waals surface area contributed by atoms with E-state index in [9.17, 15) is 19.5 Å². The molecule has 0 unspecified atom stereocenters. The summed E-state index contributed by atoms with van der Waals surface area (Å²) in [6, 6.07) is 6.60. The van der Waals surface area contributed by atoms with Gasteiger partial charge < -0.3 is 21.5 Å². The van der Waals surface area contributed by atoms with Gasteiger partial charge in [0.15, 0.2) is 0 Å². The molecule has 0 radical (unpaired) electrons. The highest BCUT2D eigenvalue weighted by atomic mass is 16.4. The van der Waals surface area contributed by atoms with Gasteiger partial charge in [-0.1, -0.05) is 64.4 Å². The van der Waals surface area contributed by atoms with Crippen LogP contribution in [0.5, 0.6) is 0 Å². The second kappa shape index (κ2) is 11.4. The quantitative estimate of drug-likeness (QED) is 0.457. The highest BCUT2D eigenvalue weighted by Gasteiger charge is 2.30. The number of aliphatic carboxylic acids is 1. The Morgan fingerprint density at radius 1 is 1.04 bits per heavy atom. The van der Waals surface area contributed by atoms with Crippen LogP contribution in [0.1, 0.15) is 46.1 Å². The molecule has 0 aliphatic rings. The molecule has 1 rings (SSSR count). The van der Waals surface area contributed by atoms with Crippen LogP contribution in [0.4, 0.5) is 0 Å². The maximum atomic E-state index is 12.8. The molecule has 0 aromatic heterocycles. The number of carbonyl (C=O) groups excluding carboxylic acids is 2. The maximum Gasteiger partial charge on any atom is 0.326 e. The summed E-state index contributed by atoms with van der Waals surface area (Å²) >= 11 is 0. The van der Waals surface area contributed by atoms with Gasteiger partial charge in [0.1, 0.15) is 12.1 Å². The first-order valence-corrected chi connectivity index (χ1v) is 9.78. The highest BCUT2D eigenvalue weighted by molar-refractivity contribution is 5.92. The zero-order chi connectivity index (χ0) is 21.3. The molecule has 1 aromatic rings. The second-order valence-corrected chi connectivity index (χ2v) is 7.70. The Morgan fingerprint density at radius 2 is 1.64 bits per heavy atom. The van der Waals surface area contributed by atoms with Gasteiger partial charge in [0.05, 0.1) is 6.04 Å². The van der Waals surface area contributed by atoms with E-state index in [1.807, 2.05) is 51.1 Å². The molecule has 0 saturated heterocycles. The molecular weight excluding hydrogens is 358 g/mol. The molecular formula is C21H33N3O4. The van der Waals surface area contributed by atoms with Gasteiger partial charge in [-0.25, -0.2) is 4.79 Å². The number of amides is 2. The van der Waals surface area contributed by atoms with Crippen LogP contribution < -0.4 is 16.4 Å². The van der Waals surface area contributed by atoms with Crippen molar-refractivity contribution in [2.24, 2.45) is 17.6 Å². The number of benzene rings is 1. The predicted octanol–water partition coefficient (Wildman–Crippen LogP) is 1.70. The van der Waals surface area contributed by atoms with Crippen LogP contribution in [-0.2, 0) is 20.8 Å². The summed E-state index contributed by atoms with van der Waals surface area (Å²) in [5.41, 5.74) is 6.80. The number of carboxylic acid groups (broad SMARTS) is 1. The Morgan fingerprint density at radius 3 is 2.14 bits per heavy atom. The van der Waals surface area contributed by atoms with E-state index in [0.29, 0.717) is 12.8 Å². The SMILES string of the molecule is CC[C@H](C)[C@H](NC(=O)[C@H](Cc1ccccc1)NC(=O)[C@@H](N)CC(C)C)C(=O)O. The molecule has 7 heteroatoms. The van der Waals surface area contributed by atoms with Crippen molar-refractivity contribution in [1.29, 1.82) is 0 Å². The molecule has 0 bridgehead atoms. The van der Waals surface area contributed by atoms with E-state index in [2.05, 4.69) is 10.6 Å². The second-order valence-electron chi connectivity index (χ2n) is 7.70. The van der Waals surface area contributed by atoms with Gasteiger partial charge in [-0.3, -0.25) is 9.59 Å². The number of rotatable bonds is 11. The largest absolute Gasteiger partial charge is 0.480 e. The molecule has 5 N–H and O–H groups in total. The van der Waals surface area contributed by atoms with Gasteiger partial charge in [-0.2, -0.15) is 0 Å². The van der Waals surface area contributed by atoms with Crippen molar-refractivity contribution in [3.8, 4) is 0 Å². The molecule has 2 amide bonds. The summed E-state index contributed by atoms with van der Waals surface area (Å²) in [5.74, 6) is -2.03. The summed E-state index contributed by atoms with van der Waals surface area (Å²) in [7, 11) is 0. The lowest BCUT2D eigenvalue weighted by Gasteiger charge is -2.25. The van der Waals surface area contributed by atoms with Crippen molar-refractivity contribution >= 4 is 17.8 Å². The highest BCUT2D eigenvalue weighted by Crippen LogP contribution is 2.10. The zero-order valence-corrected chi connectivity index (χ0v) is 17.1. The summed E-state index contributed by atoms with van der Waals surface area (Å²) in [6.45, 7) is 7.55. The van der Waals surface area contributed by atoms with Crippen LogP contribution in [0.3, 0.4) is 0 Å². The first-order chi connectivity index (χ1) is 13.1. The molecule has 1 aromatic carbocycles. The number of nitrogens with two attached hydrogens (primary N) is 1. The maximum absolute atomic E-state index is 12.8. The lowest BCUT2D eigenvalue weighted by molar-refractivity contribution is -0.143. The van der Waals surface area contributed by atoms with E-state index < -0.39 is 35.9 Å². The number of hydrogen-bond donors (Lipinski definition) is 4. The molecule has 0 aliphatic heterocycles. The van der Waals surface area contributed by atoms with Crippen molar-refractivity contribution in [1.82, 2.24) is 10.6 Å². The topological polar surface area (TPSA) is 122 Å². The monoisotopic (exact) mass is 391 g/mol. The number of hydrogen-bond acceptors (Lipinski definition) is 4. The first-order valence-electron chi connectivity index (χ1n) is 9.78. The fourth-order valence-electron chi connectivity index (χ4n) is 2.89. The van der Waals surface area contributed by atoms with Gasteiger partial charge in [-0.15, -0.1) is 0 Å². The minimum atomic E-state index is -1.09. The molecule has 28 heavy (non-hydrogen) atoms. The van der Waals surface area contributed by atoms with E-state index in [4.69, 9.17) is 5.73 Å². The number of nitrogens with one attached hydrogen (secondary N) is 2. The van der Waals surface area contributed by atoms with Crippen molar-refractivity contribution in [2.45, 2.75) is 65.1 Å². The molecule has 0 saturated carbocycles. The summed E-state index contributed by atoms with van der Waals surface area (Å²) in [5, 5.41) is 14.7. The zero-order valence-electron chi connectivity index (χ0n) is 17.1. The number of carboxylic acids is 1. The molecule has 0 heterocycles. The third-order valence-electron chi connectivity index (χ3n) is 4.75. The molecule has 0 aliphatic carbocycles. The smallest absolute Gasteiger partial charge is 0.326 e. The van der Waals surface area contributed by atoms with E-state index in [-0.39, 0.29) is 18.3 Å². The first kappa shape index (κ1) is 23.6. The molecule has 0 fully saturated rings. The third kappa shape index (κ3) is 7.68. The van der Waals surface area contributed by atoms with E-state index in [1.165, 1.54) is 0 Å². The van der Waals surface area contributed by atoms with Crippen LogP contribution >= 0.6 is 0 Å². The van der Waals surface area contributed by atoms with Crippen molar-refractivity contribution in [3.63, 3.8) is 0 Å². The fourth-order valence-corrected chi connectivity index (χ4v) is 2.89. The van der Waals surface area contributed by atoms with Gasteiger partial charge in [0.2, 0.25) is 11.8 Å². The third-order valence-corrected chi connectivity index (χ3v) is 4.75. The average Bonchev–Trinajstić information content (AvgIpc) is 2.64. The van der Waals surface area contributed by atoms with Gasteiger partial charge in [0.25, 0.3) is 0 Å². The van der Waals surface area contributed by atoms with E-state index in [1.54, 1.807) is 6.92 Å². The van der Waals surface area contributed by atoms with Gasteiger partial charge >= 0.3 is 5.97 Å². The minimum Gasteiger partial charge on any atom is -0.480 e. The summed E-state index contributed by atoms with van der Waals surface area (Å²) in [6.07, 6.45) is 1.35. The summed E-state index contributed by atoms with van der Waals surface area (Å²) < 4.78 is 0. The van der Waals surface area contributed by atoms with Crippen LogP contribution in [0.25, 0.3) is 0 Å². The average molecular weight is 392 g/mol. The molecule has 7 nitrogen and oxygen atoms in total. The van der Waals surface area contributed by atoms with E-state index >= 15 is 0 Å². The Kier molecular flexibility index (Phi) is 9.65. The number of carbonyl (C=O) groups is 3. The van der Waals surface area contributed by atoms with E-state index in [0.717, 1.165) is 5.56 Å². The Labute approximate surface area is 167 Å². The Balaban J connectivity index is 2.97. The lowest BCUT2D eigenvalue weighted by Crippen LogP contribution is -2.56. The predicted molar refractivity (Wildman–Crippen MR) is 109 cm³/mol. The lowest BCUT2D eigenvalue weighted by atomic mass is 9.97. The molecule has 0 spiro atoms. The molecule has 4 atom stereocenters. The fraction of sp³-hybridized carbons (Fsp3) is 0.571. The minimum absolute atomic E-state index is 0.238. The van der Waals surface area contributed by atoms with Crippen molar-refractivity contribution < 1.29 is 19.5 Å². The van der Waals surface area contributed by atoms with Crippen LogP contribution in [0.15, 0.2) is 30.3 Å². The van der Waals surface area contributed by atoms with Crippen LogP contribution in [0, 0.1) is 11.8 Å². The Bertz CT molecular complexity index is 648. The van der Waals surface area contributed by atoms with Crippen LogP contribution in [-0.4, -0.2) is 41.0 Å². The Hall–Kier alpha value is -2.41. The molecule has 156 valence electrons. The normalized spacial score (nSPS) is 15.4. The van der Waals surface area contributed by atoms with Crippen molar-refractivity contribution in [3.05, 3.63) is 35.9 Å².